The Morgan fingerprint density at radius 1 is 1.21 bits per heavy atom. The zero-order chi connectivity index (χ0) is 13.4. The van der Waals surface area contributed by atoms with Crippen LogP contribution >= 0.6 is 54.5 Å². The number of halogens is 2. The minimum absolute atomic E-state index is 0.00921. The van der Waals surface area contributed by atoms with E-state index in [1.165, 1.54) is 20.5 Å². The molecule has 0 aliphatic carbocycles. The van der Waals surface area contributed by atoms with Crippen LogP contribution in [0.3, 0.4) is 0 Å². The molecule has 1 unspecified atom stereocenters. The molecular weight excluding hydrogens is 408 g/mol. The van der Waals surface area contributed by atoms with Gasteiger partial charge in [0.2, 0.25) is 0 Å². The van der Waals surface area contributed by atoms with E-state index in [1.807, 2.05) is 0 Å². The summed E-state index contributed by atoms with van der Waals surface area (Å²) in [6.45, 7) is 0. The number of fused-ring (bicyclic) bond motifs is 1. The van der Waals surface area contributed by atoms with Crippen LogP contribution in [-0.2, 0) is 0 Å². The number of hydrogen-bond acceptors (Lipinski definition) is 4. The number of benzene rings is 1. The number of rotatable bonds is 3. The summed E-state index contributed by atoms with van der Waals surface area (Å²) >= 11 is 10.5. The third kappa shape index (κ3) is 2.53. The van der Waals surface area contributed by atoms with Crippen LogP contribution in [0, 0.1) is 0 Å². The van der Waals surface area contributed by atoms with Crippen molar-refractivity contribution in [3.63, 3.8) is 0 Å². The van der Waals surface area contributed by atoms with Gasteiger partial charge in [0.1, 0.15) is 0 Å². The van der Waals surface area contributed by atoms with Gasteiger partial charge in [-0.15, -0.1) is 22.7 Å². The molecule has 0 aliphatic heterocycles. The monoisotopic (exact) mass is 416 g/mol. The molecule has 19 heavy (non-hydrogen) atoms. The maximum Gasteiger partial charge on any atom is 0.0843 e. The molecule has 3 aromatic rings. The van der Waals surface area contributed by atoms with E-state index in [1.54, 1.807) is 22.7 Å². The van der Waals surface area contributed by atoms with Crippen molar-refractivity contribution in [1.29, 1.82) is 0 Å². The maximum atomic E-state index is 5.79. The number of hydrogen-bond donors (Lipinski definition) is 2. The molecule has 0 bridgehead atoms. The van der Waals surface area contributed by atoms with Gasteiger partial charge < -0.3 is 0 Å². The Morgan fingerprint density at radius 2 is 2.05 bits per heavy atom. The largest absolute Gasteiger partial charge is 0.271 e. The highest BCUT2D eigenvalue weighted by Crippen LogP contribution is 2.39. The van der Waals surface area contributed by atoms with Crippen molar-refractivity contribution < 1.29 is 0 Å². The summed E-state index contributed by atoms with van der Waals surface area (Å²) in [6, 6.07) is 10.6. The van der Waals surface area contributed by atoms with E-state index in [0.717, 1.165) is 8.26 Å². The van der Waals surface area contributed by atoms with Gasteiger partial charge in [0.05, 0.1) is 9.83 Å². The third-order valence-electron chi connectivity index (χ3n) is 2.94. The van der Waals surface area contributed by atoms with E-state index in [2.05, 4.69) is 73.0 Å². The van der Waals surface area contributed by atoms with E-state index in [0.29, 0.717) is 0 Å². The average molecular weight is 418 g/mol. The van der Waals surface area contributed by atoms with Gasteiger partial charge >= 0.3 is 0 Å². The van der Waals surface area contributed by atoms with Gasteiger partial charge in [-0.3, -0.25) is 5.84 Å². The number of nitrogens with one attached hydrogen (secondary N) is 1. The normalized spacial score (nSPS) is 13.0. The number of thiophene rings is 2. The fourth-order valence-corrected chi connectivity index (χ4v) is 5.19. The highest BCUT2D eigenvalue weighted by molar-refractivity contribution is 9.13. The minimum atomic E-state index is 0.00921. The highest BCUT2D eigenvalue weighted by Gasteiger charge is 2.19. The van der Waals surface area contributed by atoms with Crippen LogP contribution < -0.4 is 11.3 Å². The Balaban J connectivity index is 2.14. The first-order valence-corrected chi connectivity index (χ1v) is 8.86. The van der Waals surface area contributed by atoms with E-state index in [9.17, 15) is 0 Å². The molecule has 6 heteroatoms. The van der Waals surface area contributed by atoms with Crippen molar-refractivity contribution in [2.75, 3.05) is 0 Å². The van der Waals surface area contributed by atoms with Crippen molar-refractivity contribution in [2.24, 2.45) is 5.84 Å². The second-order valence-electron chi connectivity index (χ2n) is 4.06. The van der Waals surface area contributed by atoms with Gasteiger partial charge in [0.25, 0.3) is 0 Å². The molecule has 2 heterocycles. The molecule has 0 saturated carbocycles. The van der Waals surface area contributed by atoms with Crippen molar-refractivity contribution in [1.82, 2.24) is 5.43 Å². The van der Waals surface area contributed by atoms with E-state index >= 15 is 0 Å². The van der Waals surface area contributed by atoms with Gasteiger partial charge in [-0.05, 0) is 60.3 Å². The molecule has 2 aromatic heterocycles. The molecule has 1 atom stereocenters. The standard InChI is InChI=1S/C13H10Br2N2S2/c14-9-6-10(19-13(9)15)11(17-16)8-3-1-2-7-4-5-18-12(7)8/h1-6,11,17H,16H2. The lowest BCUT2D eigenvalue weighted by atomic mass is 10.0. The smallest absolute Gasteiger partial charge is 0.0843 e. The summed E-state index contributed by atoms with van der Waals surface area (Å²) in [4.78, 5) is 1.18. The second kappa shape index (κ2) is 5.63. The zero-order valence-electron chi connectivity index (χ0n) is 9.69. The molecule has 98 valence electrons. The molecule has 3 rings (SSSR count). The molecule has 0 amide bonds. The summed E-state index contributed by atoms with van der Waals surface area (Å²) in [5, 5.41) is 3.37. The Hall–Kier alpha value is -0.240. The average Bonchev–Trinajstić information content (AvgIpc) is 2.99. The topological polar surface area (TPSA) is 38.0 Å². The molecule has 0 aliphatic rings. The van der Waals surface area contributed by atoms with E-state index in [4.69, 9.17) is 5.84 Å². The Labute approximate surface area is 135 Å². The van der Waals surface area contributed by atoms with Crippen LogP contribution in [0.25, 0.3) is 10.1 Å². The summed E-state index contributed by atoms with van der Waals surface area (Å²) in [6.07, 6.45) is 0. The summed E-state index contributed by atoms with van der Waals surface area (Å²) < 4.78 is 3.43. The molecule has 0 radical (unpaired) electrons. The quantitative estimate of drug-likeness (QED) is 0.462. The van der Waals surface area contributed by atoms with Crippen molar-refractivity contribution in [2.45, 2.75) is 6.04 Å². The Kier molecular flexibility index (Phi) is 4.07. The van der Waals surface area contributed by atoms with E-state index < -0.39 is 0 Å². The first-order valence-electron chi connectivity index (χ1n) is 5.57. The van der Waals surface area contributed by atoms with Gasteiger partial charge in [-0.25, -0.2) is 5.43 Å². The van der Waals surface area contributed by atoms with E-state index in [-0.39, 0.29) is 6.04 Å². The number of hydrazine groups is 1. The summed E-state index contributed by atoms with van der Waals surface area (Å²) in [5.74, 6) is 5.79. The summed E-state index contributed by atoms with van der Waals surface area (Å²) in [7, 11) is 0. The number of nitrogens with two attached hydrogens (primary N) is 1. The fourth-order valence-electron chi connectivity index (χ4n) is 2.07. The first-order chi connectivity index (χ1) is 9.20. The Morgan fingerprint density at radius 3 is 2.74 bits per heavy atom. The molecule has 3 N–H and O–H groups in total. The minimum Gasteiger partial charge on any atom is -0.271 e. The molecule has 0 fully saturated rings. The lowest BCUT2D eigenvalue weighted by Crippen LogP contribution is -2.28. The zero-order valence-corrected chi connectivity index (χ0v) is 14.5. The van der Waals surface area contributed by atoms with Crippen LogP contribution in [0.1, 0.15) is 16.5 Å². The molecule has 0 spiro atoms. The Bertz CT molecular complexity index is 701. The first kappa shape index (κ1) is 13.7. The van der Waals surface area contributed by atoms with Gasteiger partial charge in [-0.2, -0.15) is 0 Å². The predicted octanol–water partition coefficient (Wildman–Crippen LogP) is 5.04. The lowest BCUT2D eigenvalue weighted by molar-refractivity contribution is 0.651. The molecule has 1 aromatic carbocycles. The van der Waals surface area contributed by atoms with Gasteiger partial charge in [-0.1, -0.05) is 18.2 Å². The van der Waals surface area contributed by atoms with Crippen LogP contribution in [0.5, 0.6) is 0 Å². The van der Waals surface area contributed by atoms with Crippen molar-refractivity contribution >= 4 is 64.6 Å². The molecule has 2 nitrogen and oxygen atoms in total. The van der Waals surface area contributed by atoms with Gasteiger partial charge in [0, 0.05) is 14.0 Å². The summed E-state index contributed by atoms with van der Waals surface area (Å²) in [5.41, 5.74) is 4.15. The predicted molar refractivity (Wildman–Crippen MR) is 90.7 cm³/mol. The van der Waals surface area contributed by atoms with Crippen LogP contribution in [-0.4, -0.2) is 0 Å². The molecule has 0 saturated heterocycles. The lowest BCUT2D eigenvalue weighted by Gasteiger charge is -2.15. The van der Waals surface area contributed by atoms with Crippen LogP contribution in [0.2, 0.25) is 0 Å². The third-order valence-corrected chi connectivity index (χ3v) is 7.24. The van der Waals surface area contributed by atoms with Crippen molar-refractivity contribution in [3.05, 3.63) is 54.4 Å². The SMILES string of the molecule is NNC(c1cc(Br)c(Br)s1)c1cccc2ccsc12. The highest BCUT2D eigenvalue weighted by atomic mass is 79.9. The van der Waals surface area contributed by atoms with Gasteiger partial charge in [0.15, 0.2) is 0 Å². The fraction of sp³-hybridized carbons (Fsp3) is 0.0769. The maximum absolute atomic E-state index is 5.79. The van der Waals surface area contributed by atoms with Crippen LogP contribution in [0.15, 0.2) is 44.0 Å². The van der Waals surface area contributed by atoms with Crippen molar-refractivity contribution in [3.8, 4) is 0 Å². The second-order valence-corrected chi connectivity index (χ2v) is 8.23. The molecular formula is C13H10Br2N2S2. The van der Waals surface area contributed by atoms with Crippen LogP contribution in [0.4, 0.5) is 0 Å².